The summed E-state index contributed by atoms with van der Waals surface area (Å²) in [6.45, 7) is 0. The van der Waals surface area contributed by atoms with Crippen molar-refractivity contribution in [3.05, 3.63) is 64.0 Å². The fourth-order valence-electron chi connectivity index (χ4n) is 1.63. The summed E-state index contributed by atoms with van der Waals surface area (Å²) < 4.78 is 65.1. The standard InChI is InChI=1S/C12H7F3N2O4S/c13-7-1-3-10(9(15)5-7)16-22(20,21)12-4-2-8(14)6-11(12)17(18)19/h1-6,16H. The van der Waals surface area contributed by atoms with Crippen LogP contribution in [0.15, 0.2) is 41.3 Å². The number of hydrogen-bond donors (Lipinski definition) is 1. The minimum Gasteiger partial charge on any atom is -0.276 e. The molecule has 1 N–H and O–H groups in total. The van der Waals surface area contributed by atoms with E-state index in [9.17, 15) is 31.7 Å². The number of benzene rings is 2. The van der Waals surface area contributed by atoms with Gasteiger partial charge >= 0.3 is 0 Å². The maximum atomic E-state index is 13.5. The van der Waals surface area contributed by atoms with E-state index in [2.05, 4.69) is 0 Å². The highest BCUT2D eigenvalue weighted by molar-refractivity contribution is 7.92. The number of nitrogens with zero attached hydrogens (tertiary/aromatic N) is 1. The van der Waals surface area contributed by atoms with Crippen LogP contribution in [0.5, 0.6) is 0 Å². The SMILES string of the molecule is O=[N+]([O-])c1cc(F)ccc1S(=O)(=O)Nc1ccc(F)cc1F. The summed E-state index contributed by atoms with van der Waals surface area (Å²) in [5, 5.41) is 10.8. The van der Waals surface area contributed by atoms with Crippen molar-refractivity contribution in [1.82, 2.24) is 0 Å². The third-order valence-electron chi connectivity index (χ3n) is 2.58. The molecule has 116 valence electrons. The van der Waals surface area contributed by atoms with Crippen LogP contribution in [0.4, 0.5) is 24.5 Å². The number of nitro benzene ring substituents is 1. The van der Waals surface area contributed by atoms with E-state index in [1.54, 1.807) is 4.72 Å². The lowest BCUT2D eigenvalue weighted by Crippen LogP contribution is -2.16. The smallest absolute Gasteiger partial charge is 0.276 e. The zero-order chi connectivity index (χ0) is 16.5. The molecule has 0 spiro atoms. The Morgan fingerprint density at radius 1 is 1.00 bits per heavy atom. The highest BCUT2D eigenvalue weighted by atomic mass is 32.2. The number of rotatable bonds is 4. The Labute approximate surface area is 122 Å². The Balaban J connectivity index is 2.49. The second-order valence-corrected chi connectivity index (χ2v) is 5.75. The zero-order valence-corrected chi connectivity index (χ0v) is 11.4. The number of nitrogens with one attached hydrogen (secondary N) is 1. The van der Waals surface area contributed by atoms with Crippen molar-refractivity contribution in [3.63, 3.8) is 0 Å². The molecule has 22 heavy (non-hydrogen) atoms. The quantitative estimate of drug-likeness (QED) is 0.689. The first kappa shape index (κ1) is 15.8. The lowest BCUT2D eigenvalue weighted by atomic mass is 10.3. The molecular weight excluding hydrogens is 325 g/mol. The van der Waals surface area contributed by atoms with Gasteiger partial charge in [0.05, 0.1) is 16.7 Å². The topological polar surface area (TPSA) is 89.3 Å². The highest BCUT2D eigenvalue weighted by Gasteiger charge is 2.27. The van der Waals surface area contributed by atoms with Gasteiger partial charge in [-0.2, -0.15) is 0 Å². The molecule has 6 nitrogen and oxygen atoms in total. The molecule has 2 rings (SSSR count). The molecule has 0 radical (unpaired) electrons. The number of sulfonamides is 1. The van der Waals surface area contributed by atoms with Gasteiger partial charge in [-0.05, 0) is 24.3 Å². The lowest BCUT2D eigenvalue weighted by Gasteiger charge is -2.09. The molecule has 0 fully saturated rings. The molecule has 0 atom stereocenters. The van der Waals surface area contributed by atoms with Crippen LogP contribution in [0.25, 0.3) is 0 Å². The number of nitro groups is 1. The van der Waals surface area contributed by atoms with Crippen LogP contribution in [0.2, 0.25) is 0 Å². The maximum absolute atomic E-state index is 13.5. The van der Waals surface area contributed by atoms with Gasteiger partial charge in [-0.25, -0.2) is 21.6 Å². The third-order valence-corrected chi connectivity index (χ3v) is 4.00. The molecule has 0 aliphatic carbocycles. The molecule has 0 aliphatic heterocycles. The van der Waals surface area contributed by atoms with E-state index >= 15 is 0 Å². The van der Waals surface area contributed by atoms with Crippen LogP contribution < -0.4 is 4.72 Å². The zero-order valence-electron chi connectivity index (χ0n) is 10.6. The monoisotopic (exact) mass is 332 g/mol. The molecule has 0 saturated heterocycles. The molecular formula is C12H7F3N2O4S. The normalized spacial score (nSPS) is 11.2. The lowest BCUT2D eigenvalue weighted by molar-refractivity contribution is -0.388. The second kappa shape index (κ2) is 5.64. The number of anilines is 1. The summed E-state index contributed by atoms with van der Waals surface area (Å²) in [6.07, 6.45) is 0. The van der Waals surface area contributed by atoms with Gasteiger partial charge in [0.2, 0.25) is 0 Å². The van der Waals surface area contributed by atoms with Crippen LogP contribution in [0.3, 0.4) is 0 Å². The molecule has 0 saturated carbocycles. The second-order valence-electron chi connectivity index (χ2n) is 4.10. The van der Waals surface area contributed by atoms with Crippen molar-refractivity contribution in [2.75, 3.05) is 4.72 Å². The van der Waals surface area contributed by atoms with Crippen molar-refractivity contribution in [2.45, 2.75) is 4.90 Å². The van der Waals surface area contributed by atoms with Crippen molar-refractivity contribution in [1.29, 1.82) is 0 Å². The number of hydrogen-bond acceptors (Lipinski definition) is 4. The van der Waals surface area contributed by atoms with Crippen LogP contribution >= 0.6 is 0 Å². The van der Waals surface area contributed by atoms with Crippen molar-refractivity contribution in [2.24, 2.45) is 0 Å². The van der Waals surface area contributed by atoms with Crippen LogP contribution in [-0.4, -0.2) is 13.3 Å². The molecule has 2 aromatic carbocycles. The van der Waals surface area contributed by atoms with Crippen LogP contribution in [0, 0.1) is 27.6 Å². The summed E-state index contributed by atoms with van der Waals surface area (Å²) in [5.41, 5.74) is -1.60. The Hall–Kier alpha value is -2.62. The molecule has 0 aliphatic rings. The predicted octanol–water partition coefficient (Wildman–Crippen LogP) is 2.81. The van der Waals surface area contributed by atoms with E-state index in [0.717, 1.165) is 12.1 Å². The summed E-state index contributed by atoms with van der Waals surface area (Å²) in [5.74, 6) is -3.12. The fourth-order valence-corrected chi connectivity index (χ4v) is 2.85. The largest absolute Gasteiger partial charge is 0.292 e. The Morgan fingerprint density at radius 2 is 1.59 bits per heavy atom. The molecule has 0 unspecified atom stereocenters. The summed E-state index contributed by atoms with van der Waals surface area (Å²) in [6, 6.07) is 3.88. The van der Waals surface area contributed by atoms with E-state index in [1.165, 1.54) is 0 Å². The molecule has 0 aromatic heterocycles. The minimum atomic E-state index is -4.56. The molecule has 10 heteroatoms. The third kappa shape index (κ3) is 3.17. The Morgan fingerprint density at radius 3 is 2.18 bits per heavy atom. The van der Waals surface area contributed by atoms with Crippen LogP contribution in [0.1, 0.15) is 0 Å². The fraction of sp³-hybridized carbons (Fsp3) is 0. The van der Waals surface area contributed by atoms with Crippen molar-refractivity contribution >= 4 is 21.4 Å². The van der Waals surface area contributed by atoms with Crippen LogP contribution in [-0.2, 0) is 10.0 Å². The first-order valence-corrected chi connectivity index (χ1v) is 7.11. The van der Waals surface area contributed by atoms with Crippen molar-refractivity contribution in [3.8, 4) is 0 Å². The van der Waals surface area contributed by atoms with Gasteiger partial charge in [0, 0.05) is 6.07 Å². The Bertz CT molecular complexity index is 855. The van der Waals surface area contributed by atoms with Gasteiger partial charge in [-0.3, -0.25) is 14.8 Å². The predicted molar refractivity (Wildman–Crippen MR) is 70.2 cm³/mol. The van der Waals surface area contributed by atoms with Gasteiger partial charge in [0.15, 0.2) is 4.90 Å². The highest BCUT2D eigenvalue weighted by Crippen LogP contribution is 2.27. The van der Waals surface area contributed by atoms with Gasteiger partial charge in [-0.15, -0.1) is 0 Å². The summed E-state index contributed by atoms with van der Waals surface area (Å²) in [4.78, 5) is 8.88. The van der Waals surface area contributed by atoms with Gasteiger partial charge in [0.25, 0.3) is 15.7 Å². The average Bonchev–Trinajstić information content (AvgIpc) is 2.41. The summed E-state index contributed by atoms with van der Waals surface area (Å²) >= 11 is 0. The van der Waals surface area contributed by atoms with E-state index in [0.29, 0.717) is 24.3 Å². The van der Waals surface area contributed by atoms with Crippen molar-refractivity contribution < 1.29 is 26.5 Å². The van der Waals surface area contributed by atoms with Gasteiger partial charge < -0.3 is 0 Å². The number of halogens is 3. The van der Waals surface area contributed by atoms with E-state index < -0.39 is 48.7 Å². The summed E-state index contributed by atoms with van der Waals surface area (Å²) in [7, 11) is -4.56. The molecule has 0 bridgehead atoms. The molecule has 2 aromatic rings. The van der Waals surface area contributed by atoms with E-state index in [-0.39, 0.29) is 0 Å². The minimum absolute atomic E-state index is 0.426. The average molecular weight is 332 g/mol. The first-order valence-electron chi connectivity index (χ1n) is 5.62. The van der Waals surface area contributed by atoms with E-state index in [1.807, 2.05) is 0 Å². The van der Waals surface area contributed by atoms with Gasteiger partial charge in [0.1, 0.15) is 17.5 Å². The molecule has 0 heterocycles. The van der Waals surface area contributed by atoms with Gasteiger partial charge in [-0.1, -0.05) is 0 Å². The Kier molecular flexibility index (Phi) is 4.04. The maximum Gasteiger partial charge on any atom is 0.292 e. The molecule has 0 amide bonds. The van der Waals surface area contributed by atoms with E-state index in [4.69, 9.17) is 0 Å². The first-order chi connectivity index (χ1) is 10.2.